The number of nitro groups is 1. The molecule has 0 fully saturated rings. The van der Waals surface area contributed by atoms with Gasteiger partial charge in [0.25, 0.3) is 5.69 Å². The highest BCUT2D eigenvalue weighted by Crippen LogP contribution is 2.18. The summed E-state index contributed by atoms with van der Waals surface area (Å²) < 4.78 is 0. The van der Waals surface area contributed by atoms with Gasteiger partial charge in [-0.1, -0.05) is 48.5 Å². The molecule has 1 aromatic heterocycles. The second-order valence-electron chi connectivity index (χ2n) is 6.51. The number of rotatable bonds is 8. The predicted molar refractivity (Wildman–Crippen MR) is 124 cm³/mol. The number of hydrogen-bond acceptors (Lipinski definition) is 9. The van der Waals surface area contributed by atoms with E-state index in [1.165, 1.54) is 18.3 Å². The highest BCUT2D eigenvalue weighted by molar-refractivity contribution is 5.81. The van der Waals surface area contributed by atoms with Crippen molar-refractivity contribution >= 4 is 41.1 Å². The fourth-order valence-corrected chi connectivity index (χ4v) is 2.72. The van der Waals surface area contributed by atoms with Gasteiger partial charge in [0.2, 0.25) is 17.8 Å². The molecule has 3 N–H and O–H groups in total. The van der Waals surface area contributed by atoms with Crippen molar-refractivity contribution < 1.29 is 4.92 Å². The highest BCUT2D eigenvalue weighted by Gasteiger charge is 2.08. The Bertz CT molecular complexity index is 1170. The Morgan fingerprint density at radius 2 is 1.31 bits per heavy atom. The van der Waals surface area contributed by atoms with Crippen LogP contribution in [0.4, 0.5) is 34.9 Å². The molecule has 0 atom stereocenters. The molecule has 10 heteroatoms. The molecule has 0 aliphatic carbocycles. The van der Waals surface area contributed by atoms with E-state index in [4.69, 9.17) is 0 Å². The summed E-state index contributed by atoms with van der Waals surface area (Å²) in [5.74, 6) is 0.828. The van der Waals surface area contributed by atoms with Gasteiger partial charge in [0, 0.05) is 29.1 Å². The first-order valence-corrected chi connectivity index (χ1v) is 9.59. The van der Waals surface area contributed by atoms with Crippen molar-refractivity contribution in [3.05, 3.63) is 101 Å². The molecule has 0 saturated carbocycles. The first kappa shape index (κ1) is 20.4. The number of anilines is 5. The van der Waals surface area contributed by atoms with Crippen LogP contribution in [-0.4, -0.2) is 26.1 Å². The van der Waals surface area contributed by atoms with E-state index >= 15 is 0 Å². The van der Waals surface area contributed by atoms with Crippen molar-refractivity contribution in [2.75, 3.05) is 16.1 Å². The van der Waals surface area contributed by atoms with Crippen molar-refractivity contribution in [3.63, 3.8) is 0 Å². The Morgan fingerprint density at radius 1 is 0.750 bits per heavy atom. The second-order valence-corrected chi connectivity index (χ2v) is 6.51. The highest BCUT2D eigenvalue weighted by atomic mass is 16.6. The van der Waals surface area contributed by atoms with Crippen LogP contribution < -0.4 is 16.1 Å². The van der Waals surface area contributed by atoms with E-state index in [0.29, 0.717) is 17.5 Å². The van der Waals surface area contributed by atoms with E-state index in [9.17, 15) is 10.1 Å². The fraction of sp³-hybridized carbons (Fsp3) is 0. The van der Waals surface area contributed by atoms with Crippen LogP contribution in [0.3, 0.4) is 0 Å². The van der Waals surface area contributed by atoms with Gasteiger partial charge < -0.3 is 10.6 Å². The van der Waals surface area contributed by atoms with Crippen LogP contribution in [0.15, 0.2) is 90.0 Å². The molecule has 3 aromatic carbocycles. The molecule has 0 aliphatic rings. The zero-order chi connectivity index (χ0) is 22.2. The number of nitro benzene ring substituents is 1. The summed E-state index contributed by atoms with van der Waals surface area (Å²) in [4.78, 5) is 23.6. The first-order chi connectivity index (χ1) is 15.7. The van der Waals surface area contributed by atoms with Gasteiger partial charge in [0.1, 0.15) is 0 Å². The van der Waals surface area contributed by atoms with Crippen LogP contribution >= 0.6 is 0 Å². The molecule has 4 aromatic rings. The number of nitrogens with one attached hydrogen (secondary N) is 3. The topological polar surface area (TPSA) is 130 Å². The van der Waals surface area contributed by atoms with Crippen molar-refractivity contribution in [1.82, 2.24) is 15.0 Å². The SMILES string of the molecule is O=[N+]([O-])c1cccc(/C=N\Nc2nc(Nc3ccccc3)nc(Nc3ccccc3)n2)c1. The lowest BCUT2D eigenvalue weighted by molar-refractivity contribution is -0.384. The number of aromatic nitrogens is 3. The van der Waals surface area contributed by atoms with E-state index < -0.39 is 4.92 Å². The quantitative estimate of drug-likeness (QED) is 0.210. The van der Waals surface area contributed by atoms with Gasteiger partial charge >= 0.3 is 0 Å². The van der Waals surface area contributed by atoms with E-state index in [0.717, 1.165) is 11.4 Å². The molecule has 0 saturated heterocycles. The van der Waals surface area contributed by atoms with E-state index in [2.05, 4.69) is 36.1 Å². The molecule has 0 bridgehead atoms. The molecule has 0 radical (unpaired) electrons. The van der Waals surface area contributed by atoms with Crippen molar-refractivity contribution in [2.24, 2.45) is 5.10 Å². The predicted octanol–water partition coefficient (Wildman–Crippen LogP) is 4.71. The average Bonchev–Trinajstić information content (AvgIpc) is 2.80. The number of nitrogens with zero attached hydrogens (tertiary/aromatic N) is 5. The third kappa shape index (κ3) is 5.60. The Kier molecular flexibility index (Phi) is 6.23. The van der Waals surface area contributed by atoms with Gasteiger partial charge in [-0.15, -0.1) is 0 Å². The summed E-state index contributed by atoms with van der Waals surface area (Å²) in [5, 5.41) is 21.3. The molecule has 1 heterocycles. The number of hydrogen-bond donors (Lipinski definition) is 3. The summed E-state index contributed by atoms with van der Waals surface area (Å²) >= 11 is 0. The maximum absolute atomic E-state index is 10.9. The zero-order valence-electron chi connectivity index (χ0n) is 16.7. The van der Waals surface area contributed by atoms with Crippen molar-refractivity contribution in [3.8, 4) is 0 Å². The van der Waals surface area contributed by atoms with Crippen LogP contribution in [0.25, 0.3) is 0 Å². The lowest BCUT2D eigenvalue weighted by Gasteiger charge is -2.10. The lowest BCUT2D eigenvalue weighted by Crippen LogP contribution is -2.07. The summed E-state index contributed by atoms with van der Waals surface area (Å²) in [6.07, 6.45) is 1.45. The Labute approximate surface area is 183 Å². The molecule has 0 unspecified atom stereocenters. The van der Waals surface area contributed by atoms with E-state index in [-0.39, 0.29) is 11.6 Å². The second kappa shape index (κ2) is 9.76. The van der Waals surface area contributed by atoms with E-state index in [1.807, 2.05) is 60.7 Å². The lowest BCUT2D eigenvalue weighted by atomic mass is 10.2. The van der Waals surface area contributed by atoms with Crippen LogP contribution in [0.1, 0.15) is 5.56 Å². The number of para-hydroxylation sites is 2. The standard InChI is InChI=1S/C22H18N8O2/c31-30(32)19-13-7-8-16(14-19)15-23-29-22-27-20(24-17-9-3-1-4-10-17)26-21(28-22)25-18-11-5-2-6-12-18/h1-15H,(H3,24,25,26,27,28,29)/b23-15-. The van der Waals surface area contributed by atoms with Crippen LogP contribution in [0, 0.1) is 10.1 Å². The Hall–Kier alpha value is -4.86. The molecular weight excluding hydrogens is 408 g/mol. The maximum Gasteiger partial charge on any atom is 0.270 e. The fourth-order valence-electron chi connectivity index (χ4n) is 2.72. The van der Waals surface area contributed by atoms with Gasteiger partial charge in [0.05, 0.1) is 11.1 Å². The third-order valence-electron chi connectivity index (χ3n) is 4.15. The molecular formula is C22H18N8O2. The van der Waals surface area contributed by atoms with Crippen molar-refractivity contribution in [2.45, 2.75) is 0 Å². The smallest absolute Gasteiger partial charge is 0.270 e. The molecule has 0 aliphatic heterocycles. The van der Waals surface area contributed by atoms with Gasteiger partial charge in [-0.25, -0.2) is 5.43 Å². The number of non-ortho nitro benzene ring substituents is 1. The minimum absolute atomic E-state index is 0.0159. The maximum atomic E-state index is 10.9. The third-order valence-corrected chi connectivity index (χ3v) is 4.15. The summed E-state index contributed by atoms with van der Waals surface area (Å²) in [7, 11) is 0. The summed E-state index contributed by atoms with van der Waals surface area (Å²) in [6.45, 7) is 0. The zero-order valence-corrected chi connectivity index (χ0v) is 16.7. The first-order valence-electron chi connectivity index (χ1n) is 9.59. The van der Waals surface area contributed by atoms with E-state index in [1.54, 1.807) is 12.1 Å². The van der Waals surface area contributed by atoms with Crippen LogP contribution in [0.5, 0.6) is 0 Å². The van der Waals surface area contributed by atoms with Gasteiger partial charge in [-0.2, -0.15) is 20.1 Å². The molecule has 0 spiro atoms. The summed E-state index contributed by atoms with van der Waals surface area (Å²) in [6, 6.07) is 25.1. The van der Waals surface area contributed by atoms with Gasteiger partial charge in [0.15, 0.2) is 0 Å². The molecule has 4 rings (SSSR count). The Balaban J connectivity index is 1.56. The minimum atomic E-state index is -0.459. The molecule has 158 valence electrons. The minimum Gasteiger partial charge on any atom is -0.324 e. The van der Waals surface area contributed by atoms with Gasteiger partial charge in [-0.05, 0) is 24.3 Å². The van der Waals surface area contributed by atoms with Crippen LogP contribution in [0.2, 0.25) is 0 Å². The van der Waals surface area contributed by atoms with Crippen molar-refractivity contribution in [1.29, 1.82) is 0 Å². The monoisotopic (exact) mass is 426 g/mol. The van der Waals surface area contributed by atoms with Crippen LogP contribution in [-0.2, 0) is 0 Å². The molecule has 0 amide bonds. The average molecular weight is 426 g/mol. The number of benzene rings is 3. The molecule has 10 nitrogen and oxygen atoms in total. The van der Waals surface area contributed by atoms with Gasteiger partial charge in [-0.3, -0.25) is 10.1 Å². The Morgan fingerprint density at radius 3 is 1.88 bits per heavy atom. The summed E-state index contributed by atoms with van der Waals surface area (Å²) in [5.41, 5.74) is 4.93. The normalized spacial score (nSPS) is 10.6. The molecule has 32 heavy (non-hydrogen) atoms. The number of hydrazone groups is 1. The largest absolute Gasteiger partial charge is 0.324 e.